The first-order chi connectivity index (χ1) is 18.5. The number of ether oxygens (including phenoxy) is 2. The third kappa shape index (κ3) is 7.13. The number of benzene rings is 2. The van der Waals surface area contributed by atoms with E-state index < -0.39 is 23.3 Å². The quantitative estimate of drug-likeness (QED) is 0.330. The second kappa shape index (κ2) is 11.4. The Morgan fingerprint density at radius 3 is 2.44 bits per heavy atom. The topological polar surface area (TPSA) is 90.4 Å². The van der Waals surface area contributed by atoms with Crippen molar-refractivity contribution in [2.75, 3.05) is 13.2 Å². The SMILES string of the molecule is CCOC(=O)C(C)(C)Oc1cccc(CCNC(=O)c2cnc(-c3ccc(C(F)(F)F)cc3)nc2C2CC2)c1. The number of amides is 1. The van der Waals surface area contributed by atoms with Gasteiger partial charge in [-0.2, -0.15) is 13.2 Å². The number of hydrogen-bond donors (Lipinski definition) is 1. The Kier molecular flexibility index (Phi) is 8.22. The molecule has 1 heterocycles. The van der Waals surface area contributed by atoms with Crippen molar-refractivity contribution in [3.63, 3.8) is 0 Å². The van der Waals surface area contributed by atoms with Crippen molar-refractivity contribution in [2.24, 2.45) is 0 Å². The van der Waals surface area contributed by atoms with Crippen LogP contribution in [0.4, 0.5) is 13.2 Å². The van der Waals surface area contributed by atoms with E-state index in [9.17, 15) is 22.8 Å². The fraction of sp³-hybridized carbons (Fsp3) is 0.379. The first kappa shape index (κ1) is 28.1. The standard InChI is InChI=1S/C29H30F3N3O4/c1-4-38-27(37)28(2,3)39-22-7-5-6-18(16-22)14-15-33-26(36)23-17-34-25(35-24(23)19-8-9-19)20-10-12-21(13-11-20)29(30,31)32/h5-7,10-13,16-17,19H,4,8-9,14-15H2,1-3H3,(H,33,36). The van der Waals surface area contributed by atoms with Gasteiger partial charge < -0.3 is 14.8 Å². The summed E-state index contributed by atoms with van der Waals surface area (Å²) in [4.78, 5) is 33.9. The number of esters is 1. The maximum absolute atomic E-state index is 13.0. The molecule has 10 heteroatoms. The average Bonchev–Trinajstić information content (AvgIpc) is 3.74. The van der Waals surface area contributed by atoms with E-state index in [4.69, 9.17) is 9.47 Å². The zero-order valence-electron chi connectivity index (χ0n) is 22.0. The number of nitrogens with zero attached hydrogens (tertiary/aromatic N) is 2. The zero-order valence-corrected chi connectivity index (χ0v) is 22.0. The monoisotopic (exact) mass is 541 g/mol. The molecule has 1 fully saturated rings. The van der Waals surface area contributed by atoms with Crippen LogP contribution in [0.2, 0.25) is 0 Å². The van der Waals surface area contributed by atoms with Crippen LogP contribution in [-0.4, -0.2) is 40.6 Å². The molecular formula is C29H30F3N3O4. The highest BCUT2D eigenvalue weighted by atomic mass is 19.4. The Hall–Kier alpha value is -3.95. The lowest BCUT2D eigenvalue weighted by Crippen LogP contribution is -2.39. The molecule has 0 atom stereocenters. The predicted octanol–water partition coefficient (Wildman–Crippen LogP) is 5.73. The zero-order chi connectivity index (χ0) is 28.2. The van der Waals surface area contributed by atoms with Gasteiger partial charge in [0.2, 0.25) is 0 Å². The summed E-state index contributed by atoms with van der Waals surface area (Å²) < 4.78 is 49.6. The van der Waals surface area contributed by atoms with Gasteiger partial charge in [0.25, 0.3) is 5.91 Å². The highest BCUT2D eigenvalue weighted by molar-refractivity contribution is 5.95. The summed E-state index contributed by atoms with van der Waals surface area (Å²) in [6.07, 6.45) is -0.688. The minimum Gasteiger partial charge on any atom is -0.476 e. The molecule has 39 heavy (non-hydrogen) atoms. The van der Waals surface area contributed by atoms with Crippen LogP contribution in [0.1, 0.15) is 66.7 Å². The molecule has 0 aliphatic heterocycles. The summed E-state index contributed by atoms with van der Waals surface area (Å²) in [6.45, 7) is 5.61. The molecular weight excluding hydrogens is 511 g/mol. The summed E-state index contributed by atoms with van der Waals surface area (Å²) in [5, 5.41) is 2.90. The maximum atomic E-state index is 13.0. The van der Waals surface area contributed by atoms with E-state index in [0.717, 1.165) is 30.5 Å². The van der Waals surface area contributed by atoms with E-state index in [1.54, 1.807) is 26.8 Å². The normalized spacial score (nSPS) is 13.6. The fourth-order valence-electron chi connectivity index (χ4n) is 4.01. The lowest BCUT2D eigenvalue weighted by molar-refractivity contribution is -0.158. The van der Waals surface area contributed by atoms with Crippen LogP contribution in [0.3, 0.4) is 0 Å². The largest absolute Gasteiger partial charge is 0.476 e. The number of carbonyl (C=O) groups excluding carboxylic acids is 2. The summed E-state index contributed by atoms with van der Waals surface area (Å²) in [7, 11) is 0. The molecule has 0 bridgehead atoms. The van der Waals surface area contributed by atoms with Crippen molar-refractivity contribution in [2.45, 2.75) is 57.7 Å². The Morgan fingerprint density at radius 1 is 1.08 bits per heavy atom. The number of halogens is 3. The van der Waals surface area contributed by atoms with Gasteiger partial charge in [-0.15, -0.1) is 0 Å². The number of aromatic nitrogens is 2. The first-order valence-corrected chi connectivity index (χ1v) is 12.8. The van der Waals surface area contributed by atoms with Gasteiger partial charge in [0.05, 0.1) is 23.4 Å². The smallest absolute Gasteiger partial charge is 0.416 e. The van der Waals surface area contributed by atoms with Gasteiger partial charge in [-0.05, 0) is 69.9 Å². The van der Waals surface area contributed by atoms with E-state index >= 15 is 0 Å². The third-order valence-electron chi connectivity index (χ3n) is 6.24. The van der Waals surface area contributed by atoms with Gasteiger partial charge in [0.1, 0.15) is 5.75 Å². The second-order valence-electron chi connectivity index (χ2n) is 9.83. The molecule has 3 aromatic rings. The molecule has 7 nitrogen and oxygen atoms in total. The van der Waals surface area contributed by atoms with Gasteiger partial charge in [-0.25, -0.2) is 14.8 Å². The number of hydrogen-bond acceptors (Lipinski definition) is 6. The number of carbonyl (C=O) groups is 2. The van der Waals surface area contributed by atoms with Gasteiger partial charge >= 0.3 is 12.1 Å². The Labute approximate surface area is 224 Å². The molecule has 206 valence electrons. The molecule has 1 N–H and O–H groups in total. The van der Waals surface area contributed by atoms with Crippen molar-refractivity contribution >= 4 is 11.9 Å². The maximum Gasteiger partial charge on any atom is 0.416 e. The van der Waals surface area contributed by atoms with Gasteiger partial charge in [0.15, 0.2) is 11.4 Å². The molecule has 0 saturated heterocycles. The molecule has 1 aliphatic rings. The molecule has 1 aromatic heterocycles. The Bertz CT molecular complexity index is 1340. The Morgan fingerprint density at radius 2 is 1.79 bits per heavy atom. The van der Waals surface area contributed by atoms with Gasteiger partial charge in [0, 0.05) is 24.2 Å². The van der Waals surface area contributed by atoms with Crippen LogP contribution in [-0.2, 0) is 22.1 Å². The lowest BCUT2D eigenvalue weighted by atomic mass is 10.1. The van der Waals surface area contributed by atoms with Crippen LogP contribution in [0.15, 0.2) is 54.7 Å². The van der Waals surface area contributed by atoms with Crippen molar-refractivity contribution < 1.29 is 32.2 Å². The van der Waals surface area contributed by atoms with Crippen LogP contribution in [0, 0.1) is 0 Å². The first-order valence-electron chi connectivity index (χ1n) is 12.8. The fourth-order valence-corrected chi connectivity index (χ4v) is 4.01. The average molecular weight is 542 g/mol. The lowest BCUT2D eigenvalue weighted by Gasteiger charge is -2.24. The molecule has 1 aliphatic carbocycles. The van der Waals surface area contributed by atoms with Crippen LogP contribution < -0.4 is 10.1 Å². The van der Waals surface area contributed by atoms with E-state index in [0.29, 0.717) is 35.5 Å². The van der Waals surface area contributed by atoms with Crippen LogP contribution in [0.5, 0.6) is 5.75 Å². The van der Waals surface area contributed by atoms with Gasteiger partial charge in [-0.1, -0.05) is 24.3 Å². The van der Waals surface area contributed by atoms with Gasteiger partial charge in [-0.3, -0.25) is 4.79 Å². The molecule has 1 amide bonds. The molecule has 0 radical (unpaired) electrons. The third-order valence-corrected chi connectivity index (χ3v) is 6.24. The molecule has 0 spiro atoms. The highest BCUT2D eigenvalue weighted by Crippen LogP contribution is 2.41. The molecule has 0 unspecified atom stereocenters. The van der Waals surface area contributed by atoms with Crippen molar-refractivity contribution in [3.05, 3.63) is 77.1 Å². The highest BCUT2D eigenvalue weighted by Gasteiger charge is 2.33. The van der Waals surface area contributed by atoms with E-state index in [-0.39, 0.29) is 24.3 Å². The van der Waals surface area contributed by atoms with Crippen molar-refractivity contribution in [1.29, 1.82) is 0 Å². The summed E-state index contributed by atoms with van der Waals surface area (Å²) >= 11 is 0. The van der Waals surface area contributed by atoms with E-state index in [2.05, 4.69) is 15.3 Å². The summed E-state index contributed by atoms with van der Waals surface area (Å²) in [6, 6.07) is 11.9. The molecule has 1 saturated carbocycles. The van der Waals surface area contributed by atoms with Crippen LogP contribution >= 0.6 is 0 Å². The summed E-state index contributed by atoms with van der Waals surface area (Å²) in [5.74, 6) is 0.149. The predicted molar refractivity (Wildman–Crippen MR) is 138 cm³/mol. The second-order valence-corrected chi connectivity index (χ2v) is 9.83. The number of rotatable bonds is 10. The molecule has 4 rings (SSSR count). The molecule has 2 aromatic carbocycles. The van der Waals surface area contributed by atoms with Crippen molar-refractivity contribution in [1.82, 2.24) is 15.3 Å². The van der Waals surface area contributed by atoms with E-state index in [1.165, 1.54) is 18.3 Å². The minimum atomic E-state index is -4.42. The van der Waals surface area contributed by atoms with E-state index in [1.807, 2.05) is 18.2 Å². The minimum absolute atomic E-state index is 0.124. The summed E-state index contributed by atoms with van der Waals surface area (Å²) in [5.41, 5.74) is 0.433. The van der Waals surface area contributed by atoms with Crippen molar-refractivity contribution in [3.8, 4) is 17.1 Å². The van der Waals surface area contributed by atoms with Crippen LogP contribution in [0.25, 0.3) is 11.4 Å². The number of nitrogens with one attached hydrogen (secondary N) is 1. The Balaban J connectivity index is 1.40. The number of alkyl halides is 3.